The Kier molecular flexibility index (Phi) is 6.05. The summed E-state index contributed by atoms with van der Waals surface area (Å²) in [6, 6.07) is 6.51. The Bertz CT molecular complexity index is 637. The van der Waals surface area contributed by atoms with E-state index in [0.29, 0.717) is 0 Å². The van der Waals surface area contributed by atoms with E-state index in [9.17, 15) is 0 Å². The van der Waals surface area contributed by atoms with Gasteiger partial charge in [-0.25, -0.2) is 0 Å². The van der Waals surface area contributed by atoms with Gasteiger partial charge in [0.1, 0.15) is 0 Å². The zero-order chi connectivity index (χ0) is 15.6. The van der Waals surface area contributed by atoms with Gasteiger partial charge in [0.05, 0.1) is 15.9 Å². The first-order valence-corrected chi connectivity index (χ1v) is 9.18. The highest BCUT2D eigenvalue weighted by atomic mass is 79.9. The third kappa shape index (κ3) is 3.97. The highest BCUT2D eigenvalue weighted by molar-refractivity contribution is 9.11. The lowest BCUT2D eigenvalue weighted by molar-refractivity contribution is 0.526. The first-order chi connectivity index (χ1) is 9.93. The average molecular weight is 480 g/mol. The first-order valence-electron chi connectivity index (χ1n) is 6.80. The lowest BCUT2D eigenvalue weighted by atomic mass is 10.0. The first kappa shape index (κ1) is 17.2. The van der Waals surface area contributed by atoms with Crippen molar-refractivity contribution < 1.29 is 0 Å². The van der Waals surface area contributed by atoms with E-state index >= 15 is 0 Å². The van der Waals surface area contributed by atoms with Gasteiger partial charge in [-0.3, -0.25) is 4.68 Å². The number of nitrogens with one attached hydrogen (secondary N) is 1. The maximum absolute atomic E-state index is 4.48. The summed E-state index contributed by atoms with van der Waals surface area (Å²) in [5.74, 6) is 0. The number of halogens is 3. The molecule has 2 aromatic rings. The quantitative estimate of drug-likeness (QED) is 0.660. The van der Waals surface area contributed by atoms with Crippen molar-refractivity contribution in [3.63, 3.8) is 0 Å². The Morgan fingerprint density at radius 1 is 1.29 bits per heavy atom. The van der Waals surface area contributed by atoms with Crippen molar-refractivity contribution in [3.8, 4) is 0 Å². The molecule has 114 valence electrons. The Labute approximate surface area is 150 Å². The van der Waals surface area contributed by atoms with Crippen LogP contribution in [0.1, 0.15) is 29.9 Å². The van der Waals surface area contributed by atoms with Gasteiger partial charge in [0, 0.05) is 28.5 Å². The van der Waals surface area contributed by atoms with Gasteiger partial charge in [-0.1, -0.05) is 38.8 Å². The summed E-state index contributed by atoms with van der Waals surface area (Å²) >= 11 is 10.9. The van der Waals surface area contributed by atoms with Crippen molar-refractivity contribution >= 4 is 47.8 Å². The molecule has 1 N–H and O–H groups in total. The number of nitrogens with zero attached hydrogens (tertiary/aromatic N) is 2. The average Bonchev–Trinajstić information content (AvgIpc) is 2.67. The molecule has 0 radical (unpaired) electrons. The molecule has 1 aromatic carbocycles. The molecule has 21 heavy (non-hydrogen) atoms. The van der Waals surface area contributed by atoms with Gasteiger partial charge < -0.3 is 5.32 Å². The van der Waals surface area contributed by atoms with Crippen molar-refractivity contribution in [3.05, 3.63) is 48.6 Å². The summed E-state index contributed by atoms with van der Waals surface area (Å²) in [6.07, 6.45) is 0.876. The minimum absolute atomic E-state index is 0.230. The van der Waals surface area contributed by atoms with Gasteiger partial charge in [-0.05, 0) is 53.2 Å². The molecule has 1 heterocycles. The van der Waals surface area contributed by atoms with E-state index in [-0.39, 0.29) is 6.04 Å². The Morgan fingerprint density at radius 2 is 2.00 bits per heavy atom. The molecule has 0 aliphatic carbocycles. The van der Waals surface area contributed by atoms with Crippen LogP contribution in [-0.2, 0) is 13.5 Å². The molecule has 0 saturated carbocycles. The van der Waals surface area contributed by atoms with Crippen LogP contribution in [0.3, 0.4) is 0 Å². The molecule has 0 saturated heterocycles. The molecule has 0 aliphatic heterocycles. The standard InChI is InChI=1S/C15H18Br3N3/c1-4-19-13(11-7-10(16)5-6-12(11)17)8-14-15(18)9(2)20-21(14)3/h5-7,13,19H,4,8H2,1-3H3. The fourth-order valence-corrected chi connectivity index (χ4v) is 3.81. The van der Waals surface area contributed by atoms with Crippen LogP contribution >= 0.6 is 47.8 Å². The van der Waals surface area contributed by atoms with Crippen LogP contribution < -0.4 is 5.32 Å². The molecular formula is C15H18Br3N3. The summed E-state index contributed by atoms with van der Waals surface area (Å²) < 4.78 is 5.25. The predicted octanol–water partition coefficient (Wildman–Crippen LogP) is 4.91. The second kappa shape index (κ2) is 7.40. The maximum Gasteiger partial charge on any atom is 0.0738 e. The highest BCUT2D eigenvalue weighted by Crippen LogP contribution is 2.31. The monoisotopic (exact) mass is 477 g/mol. The molecule has 0 bridgehead atoms. The number of benzene rings is 1. The number of hydrogen-bond donors (Lipinski definition) is 1. The van der Waals surface area contributed by atoms with E-state index < -0.39 is 0 Å². The largest absolute Gasteiger partial charge is 0.310 e. The Hall–Kier alpha value is -0.170. The second-order valence-corrected chi connectivity index (χ2v) is 7.51. The topological polar surface area (TPSA) is 29.9 Å². The Morgan fingerprint density at radius 3 is 2.57 bits per heavy atom. The fourth-order valence-electron chi connectivity index (χ4n) is 2.42. The van der Waals surface area contributed by atoms with Crippen LogP contribution in [0.25, 0.3) is 0 Å². The van der Waals surface area contributed by atoms with Crippen molar-refractivity contribution in [1.29, 1.82) is 0 Å². The van der Waals surface area contributed by atoms with Crippen LogP contribution in [0, 0.1) is 6.92 Å². The molecule has 0 amide bonds. The number of likely N-dealkylation sites (N-methyl/N-ethyl adjacent to an activating group) is 1. The smallest absolute Gasteiger partial charge is 0.0738 e. The summed E-state index contributed by atoms with van der Waals surface area (Å²) in [7, 11) is 1.99. The van der Waals surface area contributed by atoms with Crippen LogP contribution in [0.15, 0.2) is 31.6 Å². The molecule has 0 spiro atoms. The molecule has 1 unspecified atom stereocenters. The van der Waals surface area contributed by atoms with Crippen LogP contribution in [0.2, 0.25) is 0 Å². The van der Waals surface area contributed by atoms with E-state index in [0.717, 1.165) is 32.1 Å². The van der Waals surface area contributed by atoms with Gasteiger partial charge >= 0.3 is 0 Å². The molecule has 2 rings (SSSR count). The number of aromatic nitrogens is 2. The van der Waals surface area contributed by atoms with Crippen molar-refractivity contribution in [1.82, 2.24) is 15.1 Å². The van der Waals surface area contributed by atoms with Gasteiger partial charge in [-0.15, -0.1) is 0 Å². The zero-order valence-corrected chi connectivity index (χ0v) is 17.0. The molecule has 0 aliphatic rings. The van der Waals surface area contributed by atoms with Gasteiger partial charge in [0.2, 0.25) is 0 Å². The fraction of sp³-hybridized carbons (Fsp3) is 0.400. The normalized spacial score (nSPS) is 12.7. The minimum Gasteiger partial charge on any atom is -0.310 e. The van der Waals surface area contributed by atoms with E-state index in [1.165, 1.54) is 11.3 Å². The van der Waals surface area contributed by atoms with Gasteiger partial charge in [0.25, 0.3) is 0 Å². The van der Waals surface area contributed by atoms with Gasteiger partial charge in [0.15, 0.2) is 0 Å². The Balaban J connectivity index is 2.37. The van der Waals surface area contributed by atoms with E-state index in [4.69, 9.17) is 0 Å². The molecule has 6 heteroatoms. The SMILES string of the molecule is CCNC(Cc1c(Br)c(C)nn1C)c1cc(Br)ccc1Br. The van der Waals surface area contributed by atoms with Crippen LogP contribution in [-0.4, -0.2) is 16.3 Å². The molecule has 0 fully saturated rings. The highest BCUT2D eigenvalue weighted by Gasteiger charge is 2.19. The molecule has 1 atom stereocenters. The number of rotatable bonds is 5. The summed E-state index contributed by atoms with van der Waals surface area (Å²) in [5.41, 5.74) is 3.47. The summed E-state index contributed by atoms with van der Waals surface area (Å²) in [6.45, 7) is 5.06. The van der Waals surface area contributed by atoms with E-state index in [1.807, 2.05) is 24.7 Å². The predicted molar refractivity (Wildman–Crippen MR) is 97.6 cm³/mol. The van der Waals surface area contributed by atoms with Crippen LogP contribution in [0.4, 0.5) is 0 Å². The molecular weight excluding hydrogens is 462 g/mol. The van der Waals surface area contributed by atoms with Crippen molar-refractivity contribution in [2.45, 2.75) is 26.3 Å². The second-order valence-electron chi connectivity index (χ2n) is 4.95. The zero-order valence-electron chi connectivity index (χ0n) is 12.3. The molecule has 1 aromatic heterocycles. The lowest BCUT2D eigenvalue weighted by Gasteiger charge is -2.20. The maximum atomic E-state index is 4.48. The van der Waals surface area contributed by atoms with Crippen molar-refractivity contribution in [2.24, 2.45) is 7.05 Å². The van der Waals surface area contributed by atoms with Gasteiger partial charge in [-0.2, -0.15) is 5.10 Å². The number of aryl methyl sites for hydroxylation is 2. The third-order valence-electron chi connectivity index (χ3n) is 3.44. The number of hydrogen-bond acceptors (Lipinski definition) is 2. The lowest BCUT2D eigenvalue weighted by Crippen LogP contribution is -2.24. The third-order valence-corrected chi connectivity index (χ3v) is 5.69. The summed E-state index contributed by atoms with van der Waals surface area (Å²) in [4.78, 5) is 0. The van der Waals surface area contributed by atoms with E-state index in [1.54, 1.807) is 0 Å². The molecule has 3 nitrogen and oxygen atoms in total. The summed E-state index contributed by atoms with van der Waals surface area (Å²) in [5, 5.41) is 8.04. The van der Waals surface area contributed by atoms with E-state index in [2.05, 4.69) is 77.3 Å². The van der Waals surface area contributed by atoms with Crippen molar-refractivity contribution in [2.75, 3.05) is 6.54 Å². The van der Waals surface area contributed by atoms with Crippen LogP contribution in [0.5, 0.6) is 0 Å². The minimum atomic E-state index is 0.230.